The average Bonchev–Trinajstić information content (AvgIpc) is 3.25. The molecule has 2 heterocycles. The molecule has 2 aromatic rings. The number of carbonyl (C=O) groups excluding carboxylic acids is 2. The average molecular weight is 405 g/mol. The van der Waals surface area contributed by atoms with E-state index in [0.29, 0.717) is 18.5 Å². The summed E-state index contributed by atoms with van der Waals surface area (Å²) in [5, 5.41) is 4.20. The van der Waals surface area contributed by atoms with Crippen molar-refractivity contribution in [2.45, 2.75) is 26.3 Å². The zero-order valence-electron chi connectivity index (χ0n) is 15.9. The van der Waals surface area contributed by atoms with E-state index in [9.17, 15) is 18.0 Å². The van der Waals surface area contributed by atoms with Gasteiger partial charge < -0.3 is 9.64 Å². The predicted octanol–water partition coefficient (Wildman–Crippen LogP) is 1.37. The highest BCUT2D eigenvalue weighted by atomic mass is 32.2. The van der Waals surface area contributed by atoms with Crippen molar-refractivity contribution in [3.8, 4) is 5.69 Å². The quantitative estimate of drug-likeness (QED) is 0.673. The van der Waals surface area contributed by atoms with E-state index in [0.717, 1.165) is 11.4 Å². The first-order chi connectivity index (χ1) is 13.3. The van der Waals surface area contributed by atoms with Gasteiger partial charge >= 0.3 is 5.97 Å². The number of hydrogen-bond acceptors (Lipinski definition) is 6. The van der Waals surface area contributed by atoms with E-state index in [4.69, 9.17) is 4.74 Å². The Morgan fingerprint density at radius 1 is 1.25 bits per heavy atom. The van der Waals surface area contributed by atoms with Gasteiger partial charge in [-0.1, -0.05) is 0 Å². The van der Waals surface area contributed by atoms with Gasteiger partial charge in [-0.3, -0.25) is 4.79 Å². The van der Waals surface area contributed by atoms with Gasteiger partial charge in [0.15, 0.2) is 16.4 Å². The van der Waals surface area contributed by atoms with Crippen molar-refractivity contribution in [3.05, 3.63) is 47.8 Å². The molecule has 0 spiro atoms. The number of esters is 1. The smallest absolute Gasteiger partial charge is 0.338 e. The lowest BCUT2D eigenvalue weighted by atomic mass is 10.2. The Balaban J connectivity index is 1.58. The summed E-state index contributed by atoms with van der Waals surface area (Å²) in [6, 6.07) is 8.26. The normalized spacial score (nSPS) is 18.0. The number of ether oxygens (including phenoxy) is 1. The summed E-state index contributed by atoms with van der Waals surface area (Å²) in [4.78, 5) is 26.1. The van der Waals surface area contributed by atoms with Crippen LogP contribution in [0.5, 0.6) is 0 Å². The number of carbonyl (C=O) groups is 2. The molecule has 1 saturated heterocycles. The lowest BCUT2D eigenvalue weighted by Gasteiger charge is -2.26. The predicted molar refractivity (Wildman–Crippen MR) is 103 cm³/mol. The van der Waals surface area contributed by atoms with Gasteiger partial charge in [0.2, 0.25) is 0 Å². The molecule has 9 heteroatoms. The van der Waals surface area contributed by atoms with Gasteiger partial charge in [-0.05, 0) is 50.6 Å². The topological polar surface area (TPSA) is 98.6 Å². The van der Waals surface area contributed by atoms with Crippen LogP contribution in [0.1, 0.15) is 29.4 Å². The molecule has 1 atom stereocenters. The van der Waals surface area contributed by atoms with Crippen molar-refractivity contribution in [1.82, 2.24) is 14.7 Å². The van der Waals surface area contributed by atoms with Crippen molar-refractivity contribution >= 4 is 21.7 Å². The number of rotatable bonds is 6. The van der Waals surface area contributed by atoms with E-state index in [1.54, 1.807) is 42.1 Å². The van der Waals surface area contributed by atoms with Crippen LogP contribution >= 0.6 is 0 Å². The Labute approximate surface area is 164 Å². The molecule has 28 heavy (non-hydrogen) atoms. The summed E-state index contributed by atoms with van der Waals surface area (Å²) in [5.41, 5.74) is 2.11. The fraction of sp³-hybridized carbons (Fsp3) is 0.421. The highest BCUT2D eigenvalue weighted by molar-refractivity contribution is 7.91. The molecule has 0 bridgehead atoms. The first-order valence-electron chi connectivity index (χ1n) is 9.09. The third-order valence-electron chi connectivity index (χ3n) is 4.82. The highest BCUT2D eigenvalue weighted by Gasteiger charge is 2.34. The Bertz CT molecular complexity index is 966. The maximum absolute atomic E-state index is 12.4. The van der Waals surface area contributed by atoms with Crippen LogP contribution in [0.4, 0.5) is 0 Å². The molecule has 150 valence electrons. The van der Waals surface area contributed by atoms with Gasteiger partial charge in [-0.15, -0.1) is 0 Å². The van der Waals surface area contributed by atoms with Gasteiger partial charge in [0, 0.05) is 24.5 Å². The van der Waals surface area contributed by atoms with E-state index < -0.39 is 22.4 Å². The summed E-state index contributed by atoms with van der Waals surface area (Å²) in [7, 11) is -3.09. The Morgan fingerprint density at radius 3 is 2.50 bits per heavy atom. The van der Waals surface area contributed by atoms with Crippen molar-refractivity contribution in [2.24, 2.45) is 0 Å². The number of aromatic nitrogens is 2. The number of hydrogen-bond donors (Lipinski definition) is 0. The van der Waals surface area contributed by atoms with E-state index in [-0.39, 0.29) is 23.5 Å². The van der Waals surface area contributed by atoms with Crippen molar-refractivity contribution < 1.29 is 22.7 Å². The molecule has 0 N–H and O–H groups in total. The summed E-state index contributed by atoms with van der Waals surface area (Å²) in [6.45, 7) is 3.66. The van der Waals surface area contributed by atoms with Crippen LogP contribution in [-0.2, 0) is 19.4 Å². The van der Waals surface area contributed by atoms with Crippen LogP contribution in [0.15, 0.2) is 36.5 Å². The summed E-state index contributed by atoms with van der Waals surface area (Å²) >= 11 is 0. The molecule has 0 radical (unpaired) electrons. The molecule has 8 nitrogen and oxygen atoms in total. The van der Waals surface area contributed by atoms with E-state index in [1.807, 2.05) is 13.0 Å². The summed E-state index contributed by atoms with van der Waals surface area (Å²) in [5.74, 6) is -0.938. The second-order valence-electron chi connectivity index (χ2n) is 6.74. The molecule has 1 aromatic heterocycles. The lowest BCUT2D eigenvalue weighted by molar-refractivity contribution is -0.136. The van der Waals surface area contributed by atoms with Gasteiger partial charge in [0.25, 0.3) is 5.91 Å². The van der Waals surface area contributed by atoms with Crippen LogP contribution in [0, 0.1) is 6.92 Å². The molecule has 0 aliphatic carbocycles. The van der Waals surface area contributed by atoms with Crippen molar-refractivity contribution in [1.29, 1.82) is 0 Å². The summed E-state index contributed by atoms with van der Waals surface area (Å²) < 4.78 is 30.2. The van der Waals surface area contributed by atoms with Gasteiger partial charge in [0.05, 0.1) is 22.8 Å². The third-order valence-corrected chi connectivity index (χ3v) is 6.57. The Hall–Kier alpha value is -2.68. The molecule has 0 saturated carbocycles. The first kappa shape index (κ1) is 20.1. The third kappa shape index (κ3) is 4.41. The van der Waals surface area contributed by atoms with Crippen LogP contribution < -0.4 is 0 Å². The van der Waals surface area contributed by atoms with Crippen molar-refractivity contribution in [3.63, 3.8) is 0 Å². The molecular weight excluding hydrogens is 382 g/mol. The molecule has 1 amide bonds. The van der Waals surface area contributed by atoms with E-state index >= 15 is 0 Å². The molecule has 1 aliphatic heterocycles. The molecule has 1 aliphatic rings. The largest absolute Gasteiger partial charge is 0.452 e. The zero-order chi connectivity index (χ0) is 20.3. The van der Waals surface area contributed by atoms with Crippen LogP contribution in [-0.4, -0.2) is 65.7 Å². The standard InChI is InChI=1S/C19H23N3O5S/c1-3-21(17-9-11-28(25,26)13-17)18(23)12-27-19(24)15-4-6-16(7-5-15)22-14(2)8-10-20-22/h4-8,10,17H,3,9,11-13H2,1-2H3/t17-/m0/s1. The Kier molecular flexibility index (Phi) is 5.83. The monoisotopic (exact) mass is 405 g/mol. The van der Waals surface area contributed by atoms with E-state index in [2.05, 4.69) is 5.10 Å². The van der Waals surface area contributed by atoms with Crippen LogP contribution in [0.25, 0.3) is 5.69 Å². The Morgan fingerprint density at radius 2 is 1.96 bits per heavy atom. The molecule has 0 unspecified atom stereocenters. The minimum absolute atomic E-state index is 0.0329. The van der Waals surface area contributed by atoms with Gasteiger partial charge in [-0.25, -0.2) is 17.9 Å². The highest BCUT2D eigenvalue weighted by Crippen LogP contribution is 2.18. The molecule has 1 fully saturated rings. The van der Waals surface area contributed by atoms with Crippen LogP contribution in [0.3, 0.4) is 0 Å². The second-order valence-corrected chi connectivity index (χ2v) is 8.97. The SMILES string of the molecule is CCN(C(=O)COC(=O)c1ccc(-n2nccc2C)cc1)[C@H]1CCS(=O)(=O)C1. The molecule has 1 aromatic carbocycles. The van der Waals surface area contributed by atoms with Crippen LogP contribution in [0.2, 0.25) is 0 Å². The van der Waals surface area contributed by atoms with Crippen molar-refractivity contribution in [2.75, 3.05) is 24.7 Å². The number of nitrogens with zero attached hydrogens (tertiary/aromatic N) is 3. The lowest BCUT2D eigenvalue weighted by Crippen LogP contribution is -2.43. The number of aryl methyl sites for hydroxylation is 1. The number of likely N-dealkylation sites (N-methyl/N-ethyl adjacent to an activating group) is 1. The fourth-order valence-corrected chi connectivity index (χ4v) is 5.06. The number of sulfone groups is 1. The second kappa shape index (κ2) is 8.14. The maximum atomic E-state index is 12.4. The number of amides is 1. The van der Waals surface area contributed by atoms with Gasteiger partial charge in [0.1, 0.15) is 0 Å². The summed E-state index contributed by atoms with van der Waals surface area (Å²) in [6.07, 6.45) is 2.11. The van der Waals surface area contributed by atoms with Gasteiger partial charge in [-0.2, -0.15) is 5.10 Å². The molecular formula is C19H23N3O5S. The maximum Gasteiger partial charge on any atom is 0.338 e. The molecule has 3 rings (SSSR count). The first-order valence-corrected chi connectivity index (χ1v) is 10.9. The minimum Gasteiger partial charge on any atom is -0.452 e. The fourth-order valence-electron chi connectivity index (χ4n) is 3.33. The minimum atomic E-state index is -3.09. The van der Waals surface area contributed by atoms with E-state index in [1.165, 1.54) is 4.90 Å². The number of benzene rings is 1. The zero-order valence-corrected chi connectivity index (χ0v) is 16.7.